The molecule has 2 fully saturated rings. The fourth-order valence-corrected chi connectivity index (χ4v) is 4.40. The van der Waals surface area contributed by atoms with Crippen LogP contribution in [0.25, 0.3) is 0 Å². The number of carbonyl (C=O) groups excluding carboxylic acids is 2. The van der Waals surface area contributed by atoms with Crippen molar-refractivity contribution in [2.24, 2.45) is 11.3 Å². The number of alkyl halides is 3. The Morgan fingerprint density at radius 2 is 1.81 bits per heavy atom. The number of likely N-dealkylation sites (tertiary alicyclic amines) is 1. The molecule has 0 unspecified atom stereocenters. The Bertz CT molecular complexity index is 849. The third-order valence-corrected chi connectivity index (χ3v) is 5.93. The van der Waals surface area contributed by atoms with E-state index < -0.39 is 23.3 Å². The zero-order chi connectivity index (χ0) is 23.2. The maximum Gasteiger partial charge on any atom is 0.418 e. The summed E-state index contributed by atoms with van der Waals surface area (Å²) in [5.41, 5.74) is -1.41. The summed E-state index contributed by atoms with van der Waals surface area (Å²) in [5, 5.41) is 2.96. The molecular weight excluding hydrogens is 413 g/mol. The molecule has 1 amide bonds. The summed E-state index contributed by atoms with van der Waals surface area (Å²) >= 11 is 0. The van der Waals surface area contributed by atoms with E-state index in [4.69, 9.17) is 4.74 Å². The number of ether oxygens (including phenoxy) is 2. The Labute approximate surface area is 180 Å². The monoisotopic (exact) mass is 442 g/mol. The molecule has 1 saturated heterocycles. The lowest BCUT2D eigenvalue weighted by atomic mass is 9.56. The van der Waals surface area contributed by atoms with Crippen LogP contribution >= 0.6 is 0 Å². The van der Waals surface area contributed by atoms with Crippen molar-refractivity contribution in [3.8, 4) is 0 Å². The summed E-state index contributed by atoms with van der Waals surface area (Å²) in [5.74, 6) is -0.521. The van der Waals surface area contributed by atoms with Gasteiger partial charge in [-0.05, 0) is 64.7 Å². The Balaban J connectivity index is 1.61. The summed E-state index contributed by atoms with van der Waals surface area (Å²) in [6.45, 7) is 8.51. The topological polar surface area (TPSA) is 67.9 Å². The number of nitrogens with zero attached hydrogens (tertiary/aromatic N) is 1. The molecule has 1 aliphatic carbocycles. The van der Waals surface area contributed by atoms with Gasteiger partial charge >= 0.3 is 18.2 Å². The van der Waals surface area contributed by atoms with E-state index in [9.17, 15) is 22.8 Å². The Kier molecular flexibility index (Phi) is 5.92. The van der Waals surface area contributed by atoms with E-state index in [0.29, 0.717) is 13.1 Å². The van der Waals surface area contributed by atoms with Crippen LogP contribution in [0, 0.1) is 11.3 Å². The first-order valence-electron chi connectivity index (χ1n) is 10.3. The van der Waals surface area contributed by atoms with Crippen molar-refractivity contribution in [2.45, 2.75) is 58.4 Å². The zero-order valence-electron chi connectivity index (χ0n) is 18.4. The number of carbonyl (C=O) groups is 2. The third-order valence-electron chi connectivity index (χ3n) is 5.93. The highest BCUT2D eigenvalue weighted by Gasteiger charge is 2.55. The highest BCUT2D eigenvalue weighted by molar-refractivity contribution is 5.90. The van der Waals surface area contributed by atoms with E-state index >= 15 is 0 Å². The minimum atomic E-state index is -4.54. The summed E-state index contributed by atoms with van der Waals surface area (Å²) in [6.07, 6.45) is -3.24. The number of hydrogen-bond donors (Lipinski definition) is 1. The molecule has 1 aromatic rings. The number of benzene rings is 1. The van der Waals surface area contributed by atoms with Crippen molar-refractivity contribution >= 4 is 17.7 Å². The summed E-state index contributed by atoms with van der Waals surface area (Å²) in [4.78, 5) is 25.5. The third kappa shape index (κ3) is 5.07. The van der Waals surface area contributed by atoms with Gasteiger partial charge in [0.2, 0.25) is 0 Å². The number of rotatable bonds is 4. The fraction of sp³-hybridized carbons (Fsp3) is 0.636. The average Bonchev–Trinajstić information content (AvgIpc) is 2.55. The van der Waals surface area contributed by atoms with Crippen molar-refractivity contribution in [1.29, 1.82) is 0 Å². The molecule has 1 spiro atoms. The second-order valence-electron chi connectivity index (χ2n) is 9.69. The predicted molar refractivity (Wildman–Crippen MR) is 109 cm³/mol. The molecule has 3 rings (SSSR count). The minimum absolute atomic E-state index is 0.0260. The van der Waals surface area contributed by atoms with Crippen molar-refractivity contribution < 1.29 is 32.2 Å². The van der Waals surface area contributed by atoms with Crippen molar-refractivity contribution in [3.63, 3.8) is 0 Å². The molecule has 0 bridgehead atoms. The van der Waals surface area contributed by atoms with Gasteiger partial charge in [-0.25, -0.2) is 9.59 Å². The molecule has 0 radical (unpaired) electrons. The van der Waals surface area contributed by atoms with Gasteiger partial charge in [-0.3, -0.25) is 0 Å². The first-order valence-corrected chi connectivity index (χ1v) is 10.3. The number of halogens is 3. The van der Waals surface area contributed by atoms with E-state index in [1.807, 2.05) is 27.7 Å². The molecule has 1 atom stereocenters. The largest absolute Gasteiger partial charge is 0.465 e. The van der Waals surface area contributed by atoms with Gasteiger partial charge < -0.3 is 19.7 Å². The lowest BCUT2D eigenvalue weighted by Gasteiger charge is -2.60. The van der Waals surface area contributed by atoms with Crippen molar-refractivity contribution in [3.05, 3.63) is 29.3 Å². The molecule has 172 valence electrons. The Morgan fingerprint density at radius 3 is 2.32 bits per heavy atom. The lowest BCUT2D eigenvalue weighted by Crippen LogP contribution is -2.65. The van der Waals surface area contributed by atoms with Crippen molar-refractivity contribution in [2.75, 3.05) is 25.5 Å². The average molecular weight is 442 g/mol. The van der Waals surface area contributed by atoms with Gasteiger partial charge in [0.15, 0.2) is 0 Å². The second kappa shape index (κ2) is 7.91. The summed E-state index contributed by atoms with van der Waals surface area (Å²) < 4.78 is 50.3. The zero-order valence-corrected chi connectivity index (χ0v) is 18.4. The standard InChI is InChI=1S/C22H29F3N2O4/c1-13(15-9-21(10-15)11-27(12-21)19(29)31-20(2,3)4)26-17-8-14(18(28)30-5)6-7-16(17)22(23,24)25/h6-8,13,15,26H,9-12H2,1-5H3/t13-/m0/s1. The SMILES string of the molecule is COC(=O)c1ccc(C(F)(F)F)c(N[C@@H](C)C2CC3(C2)CN(C(=O)OC(C)(C)C)C3)c1. The van der Waals surface area contributed by atoms with Crippen LogP contribution in [0.2, 0.25) is 0 Å². The highest BCUT2D eigenvalue weighted by atomic mass is 19.4. The van der Waals surface area contributed by atoms with Crippen LogP contribution in [-0.4, -0.2) is 48.8 Å². The molecule has 1 saturated carbocycles. The number of anilines is 1. The molecule has 1 aliphatic heterocycles. The van der Waals surface area contributed by atoms with Gasteiger partial charge in [0.05, 0.1) is 18.2 Å². The van der Waals surface area contributed by atoms with Crippen LogP contribution < -0.4 is 5.32 Å². The van der Waals surface area contributed by atoms with E-state index in [1.165, 1.54) is 13.2 Å². The maximum atomic E-state index is 13.4. The normalized spacial score (nSPS) is 19.3. The van der Waals surface area contributed by atoms with Gasteiger partial charge in [-0.2, -0.15) is 13.2 Å². The smallest absolute Gasteiger partial charge is 0.418 e. The molecule has 9 heteroatoms. The van der Waals surface area contributed by atoms with Crippen LogP contribution in [0.15, 0.2) is 18.2 Å². The molecule has 1 heterocycles. The number of nitrogens with one attached hydrogen (secondary N) is 1. The molecule has 2 aliphatic rings. The van der Waals surface area contributed by atoms with Gasteiger partial charge in [0.25, 0.3) is 0 Å². The van der Waals surface area contributed by atoms with Crippen LogP contribution in [-0.2, 0) is 15.7 Å². The number of methoxy groups -OCH3 is 1. The lowest BCUT2D eigenvalue weighted by molar-refractivity contribution is -0.137. The molecule has 1 N–H and O–H groups in total. The van der Waals surface area contributed by atoms with Crippen LogP contribution in [0.5, 0.6) is 0 Å². The van der Waals surface area contributed by atoms with Crippen molar-refractivity contribution in [1.82, 2.24) is 4.90 Å². The van der Waals surface area contributed by atoms with E-state index in [2.05, 4.69) is 10.1 Å². The number of amides is 1. The summed E-state index contributed by atoms with van der Waals surface area (Å²) in [6, 6.07) is 2.97. The number of hydrogen-bond acceptors (Lipinski definition) is 5. The fourth-order valence-electron chi connectivity index (χ4n) is 4.40. The van der Waals surface area contributed by atoms with Gasteiger partial charge in [-0.1, -0.05) is 0 Å². The Morgan fingerprint density at radius 1 is 1.19 bits per heavy atom. The predicted octanol–water partition coefficient (Wildman–Crippen LogP) is 4.94. The summed E-state index contributed by atoms with van der Waals surface area (Å²) in [7, 11) is 1.18. The molecule has 6 nitrogen and oxygen atoms in total. The minimum Gasteiger partial charge on any atom is -0.465 e. The van der Waals surface area contributed by atoms with E-state index in [0.717, 1.165) is 25.0 Å². The molecule has 31 heavy (non-hydrogen) atoms. The highest BCUT2D eigenvalue weighted by Crippen LogP contribution is 2.53. The Hall–Kier alpha value is -2.45. The van der Waals surface area contributed by atoms with Crippen LogP contribution in [0.1, 0.15) is 56.5 Å². The van der Waals surface area contributed by atoms with Crippen LogP contribution in [0.4, 0.5) is 23.7 Å². The van der Waals surface area contributed by atoms with E-state index in [-0.39, 0.29) is 34.7 Å². The molecular formula is C22H29F3N2O4. The second-order valence-corrected chi connectivity index (χ2v) is 9.69. The first-order chi connectivity index (χ1) is 14.2. The molecule has 1 aromatic carbocycles. The molecule has 0 aromatic heterocycles. The first kappa shape index (κ1) is 23.2. The maximum absolute atomic E-state index is 13.4. The number of esters is 1. The van der Waals surface area contributed by atoms with Gasteiger partial charge in [-0.15, -0.1) is 0 Å². The van der Waals surface area contributed by atoms with Crippen LogP contribution in [0.3, 0.4) is 0 Å². The van der Waals surface area contributed by atoms with Gasteiger partial charge in [0.1, 0.15) is 5.60 Å². The van der Waals surface area contributed by atoms with E-state index in [1.54, 1.807) is 4.90 Å². The van der Waals surface area contributed by atoms with Gasteiger partial charge in [0, 0.05) is 30.2 Å². The quantitative estimate of drug-likeness (QED) is 0.669.